The predicted octanol–water partition coefficient (Wildman–Crippen LogP) is 3.00. The van der Waals surface area contributed by atoms with Gasteiger partial charge in [-0.05, 0) is 24.7 Å². The zero-order valence-electron chi connectivity index (χ0n) is 10.4. The summed E-state index contributed by atoms with van der Waals surface area (Å²) in [5.74, 6) is 0. The monoisotopic (exact) mass is 269 g/mol. The summed E-state index contributed by atoms with van der Waals surface area (Å²) in [7, 11) is 0. The Balaban J connectivity index is 2.34. The van der Waals surface area contributed by atoms with Gasteiger partial charge in [0.1, 0.15) is 0 Å². The number of rotatable bonds is 4. The third kappa shape index (κ3) is 3.14. The Hall–Kier alpha value is -1.82. The van der Waals surface area contributed by atoms with E-state index in [0.29, 0.717) is 12.2 Å². The molecule has 0 aliphatic carbocycles. The molecule has 102 valence electrons. The molecule has 2 aromatic rings. The van der Waals surface area contributed by atoms with Crippen molar-refractivity contribution in [3.63, 3.8) is 0 Å². The molecule has 1 heterocycles. The second kappa shape index (κ2) is 5.44. The molecule has 1 N–H and O–H groups in total. The average Bonchev–Trinajstić information content (AvgIpc) is 2.84. The van der Waals surface area contributed by atoms with E-state index in [-0.39, 0.29) is 5.69 Å². The summed E-state index contributed by atoms with van der Waals surface area (Å²) in [5, 5.41) is 7.22. The van der Waals surface area contributed by atoms with E-state index in [2.05, 4.69) is 10.4 Å². The van der Waals surface area contributed by atoms with Gasteiger partial charge in [0.2, 0.25) is 0 Å². The van der Waals surface area contributed by atoms with Crippen LogP contribution in [0.1, 0.15) is 18.2 Å². The van der Waals surface area contributed by atoms with Crippen molar-refractivity contribution >= 4 is 0 Å². The second-order valence-corrected chi connectivity index (χ2v) is 4.05. The molecular formula is C13H14F3N3. The van der Waals surface area contributed by atoms with Crippen LogP contribution >= 0.6 is 0 Å². The lowest BCUT2D eigenvalue weighted by atomic mass is 10.2. The highest BCUT2D eigenvalue weighted by molar-refractivity contribution is 5.42. The Morgan fingerprint density at radius 3 is 2.63 bits per heavy atom. The lowest BCUT2D eigenvalue weighted by Crippen LogP contribution is -2.13. The third-order valence-electron chi connectivity index (χ3n) is 2.66. The molecule has 3 nitrogen and oxygen atoms in total. The van der Waals surface area contributed by atoms with E-state index in [1.54, 1.807) is 12.1 Å². The molecule has 0 radical (unpaired) electrons. The normalized spacial score (nSPS) is 11.8. The van der Waals surface area contributed by atoms with Crippen LogP contribution in [-0.2, 0) is 12.7 Å². The number of nitrogens with zero attached hydrogens (tertiary/aromatic N) is 2. The fourth-order valence-corrected chi connectivity index (χ4v) is 1.76. The van der Waals surface area contributed by atoms with Crippen molar-refractivity contribution in [2.75, 3.05) is 6.54 Å². The van der Waals surface area contributed by atoms with Gasteiger partial charge in [0.15, 0.2) is 0 Å². The number of hydrogen-bond acceptors (Lipinski definition) is 2. The van der Waals surface area contributed by atoms with Crippen molar-refractivity contribution in [3.8, 4) is 5.69 Å². The summed E-state index contributed by atoms with van der Waals surface area (Å²) < 4.78 is 39.9. The number of para-hydroxylation sites is 1. The smallest absolute Gasteiger partial charge is 0.311 e. The van der Waals surface area contributed by atoms with Crippen LogP contribution in [-0.4, -0.2) is 16.3 Å². The number of aromatic nitrogens is 2. The van der Waals surface area contributed by atoms with Crippen LogP contribution in [0.5, 0.6) is 0 Å². The molecule has 19 heavy (non-hydrogen) atoms. The van der Waals surface area contributed by atoms with Crippen molar-refractivity contribution in [1.29, 1.82) is 0 Å². The highest BCUT2D eigenvalue weighted by Crippen LogP contribution is 2.33. The van der Waals surface area contributed by atoms with Crippen LogP contribution in [0.4, 0.5) is 13.2 Å². The summed E-state index contributed by atoms with van der Waals surface area (Å²) in [6, 6.07) is 7.11. The number of nitrogens with one attached hydrogen (secondary N) is 1. The molecule has 2 rings (SSSR count). The third-order valence-corrected chi connectivity index (χ3v) is 2.66. The Kier molecular flexibility index (Phi) is 3.90. The van der Waals surface area contributed by atoms with E-state index in [9.17, 15) is 13.2 Å². The van der Waals surface area contributed by atoms with Gasteiger partial charge < -0.3 is 5.32 Å². The van der Waals surface area contributed by atoms with Crippen LogP contribution in [0.15, 0.2) is 36.5 Å². The zero-order valence-corrected chi connectivity index (χ0v) is 10.4. The fourth-order valence-electron chi connectivity index (χ4n) is 1.76. The zero-order chi connectivity index (χ0) is 13.9. The summed E-state index contributed by atoms with van der Waals surface area (Å²) in [6.07, 6.45) is -2.85. The molecule has 0 aliphatic rings. The quantitative estimate of drug-likeness (QED) is 0.924. The highest BCUT2D eigenvalue weighted by Gasteiger charge is 2.33. The van der Waals surface area contributed by atoms with Crippen LogP contribution in [0.25, 0.3) is 5.69 Å². The molecule has 6 heteroatoms. The van der Waals surface area contributed by atoms with Gasteiger partial charge in [-0.3, -0.25) is 0 Å². The van der Waals surface area contributed by atoms with Crippen molar-refractivity contribution in [1.82, 2.24) is 15.1 Å². The summed E-state index contributed by atoms with van der Waals surface area (Å²) in [4.78, 5) is 0. The minimum Gasteiger partial charge on any atom is -0.311 e. The number of halogens is 3. The van der Waals surface area contributed by atoms with Gasteiger partial charge in [-0.25, -0.2) is 4.68 Å². The lowest BCUT2D eigenvalue weighted by molar-refractivity contribution is -0.137. The molecule has 0 atom stereocenters. The fraction of sp³-hybridized carbons (Fsp3) is 0.308. The van der Waals surface area contributed by atoms with Crippen molar-refractivity contribution in [2.45, 2.75) is 19.6 Å². The SMILES string of the molecule is CCNCc1ccn(-c2ccccc2C(F)(F)F)n1. The largest absolute Gasteiger partial charge is 0.418 e. The van der Waals surface area contributed by atoms with Gasteiger partial charge in [-0.1, -0.05) is 19.1 Å². The van der Waals surface area contributed by atoms with Gasteiger partial charge in [0.05, 0.1) is 16.9 Å². The van der Waals surface area contributed by atoms with Gasteiger partial charge in [0.25, 0.3) is 0 Å². The Morgan fingerprint density at radius 2 is 1.95 bits per heavy atom. The van der Waals surface area contributed by atoms with E-state index in [0.717, 1.165) is 12.6 Å². The molecule has 0 amide bonds. The van der Waals surface area contributed by atoms with Crippen LogP contribution in [0.2, 0.25) is 0 Å². The molecule has 0 unspecified atom stereocenters. The van der Waals surface area contributed by atoms with Crippen molar-refractivity contribution in [3.05, 3.63) is 47.8 Å². The highest BCUT2D eigenvalue weighted by atomic mass is 19.4. The van der Waals surface area contributed by atoms with E-state index in [4.69, 9.17) is 0 Å². The number of benzene rings is 1. The molecule has 1 aromatic heterocycles. The summed E-state index contributed by atoms with van der Waals surface area (Å²) in [5.41, 5.74) is 0.0599. The van der Waals surface area contributed by atoms with E-state index in [1.165, 1.54) is 23.0 Å². The molecule has 1 aromatic carbocycles. The van der Waals surface area contributed by atoms with Crippen LogP contribution < -0.4 is 5.32 Å². The average molecular weight is 269 g/mol. The van der Waals surface area contributed by atoms with Crippen molar-refractivity contribution < 1.29 is 13.2 Å². The van der Waals surface area contributed by atoms with E-state index < -0.39 is 11.7 Å². The first kappa shape index (κ1) is 13.6. The predicted molar refractivity (Wildman–Crippen MR) is 65.9 cm³/mol. The maximum absolute atomic E-state index is 12.9. The molecule has 0 spiro atoms. The minimum atomic E-state index is -4.38. The summed E-state index contributed by atoms with van der Waals surface area (Å²) >= 11 is 0. The standard InChI is InChI=1S/C13H14F3N3/c1-2-17-9-10-7-8-19(18-10)12-6-4-3-5-11(12)13(14,15)16/h3-8,17H,2,9H2,1H3. The van der Waals surface area contributed by atoms with Gasteiger partial charge in [-0.15, -0.1) is 0 Å². The van der Waals surface area contributed by atoms with Gasteiger partial charge in [0, 0.05) is 12.7 Å². The minimum absolute atomic E-state index is 0.0396. The van der Waals surface area contributed by atoms with Crippen LogP contribution in [0, 0.1) is 0 Å². The maximum Gasteiger partial charge on any atom is 0.418 e. The number of alkyl halides is 3. The number of hydrogen-bond donors (Lipinski definition) is 1. The summed E-state index contributed by atoms with van der Waals surface area (Å²) in [6.45, 7) is 3.28. The topological polar surface area (TPSA) is 29.9 Å². The molecular weight excluding hydrogens is 255 g/mol. The lowest BCUT2D eigenvalue weighted by Gasteiger charge is -2.12. The first-order valence-corrected chi connectivity index (χ1v) is 5.94. The Morgan fingerprint density at radius 1 is 1.21 bits per heavy atom. The molecule has 0 aliphatic heterocycles. The first-order chi connectivity index (χ1) is 9.02. The Labute approximate surface area is 109 Å². The first-order valence-electron chi connectivity index (χ1n) is 5.94. The molecule has 0 fully saturated rings. The second-order valence-electron chi connectivity index (χ2n) is 4.05. The molecule has 0 saturated heterocycles. The Bertz CT molecular complexity index is 546. The van der Waals surface area contributed by atoms with Crippen molar-refractivity contribution in [2.24, 2.45) is 0 Å². The molecule has 0 bridgehead atoms. The molecule has 0 saturated carbocycles. The van der Waals surface area contributed by atoms with Crippen LogP contribution in [0.3, 0.4) is 0 Å². The maximum atomic E-state index is 12.9. The van der Waals surface area contributed by atoms with Gasteiger partial charge >= 0.3 is 6.18 Å². The van der Waals surface area contributed by atoms with E-state index in [1.807, 2.05) is 6.92 Å². The van der Waals surface area contributed by atoms with E-state index >= 15 is 0 Å². The van der Waals surface area contributed by atoms with Gasteiger partial charge in [-0.2, -0.15) is 18.3 Å².